The molecule has 0 fully saturated rings. The Labute approximate surface area is 92.9 Å². The molecule has 0 amide bonds. The zero-order chi connectivity index (χ0) is 12.6. The number of rotatable bonds is 2. The van der Waals surface area contributed by atoms with Crippen LogP contribution in [0.1, 0.15) is 20.8 Å². The van der Waals surface area contributed by atoms with Crippen LogP contribution in [0.2, 0.25) is 9.70 Å². The van der Waals surface area contributed by atoms with E-state index in [-0.39, 0.29) is 0 Å². The molecule has 0 saturated heterocycles. The van der Waals surface area contributed by atoms with E-state index in [1.54, 1.807) is 0 Å². The van der Waals surface area contributed by atoms with Crippen LogP contribution >= 0.6 is 0 Å². The van der Waals surface area contributed by atoms with Gasteiger partial charge in [-0.25, -0.2) is 0 Å². The summed E-state index contributed by atoms with van der Waals surface area (Å²) in [5, 5.41) is 1.11. The second-order valence-electron chi connectivity index (χ2n) is 2.54. The van der Waals surface area contributed by atoms with Crippen LogP contribution in [-0.2, 0) is 29.1 Å². The van der Waals surface area contributed by atoms with Crippen molar-refractivity contribution in [2.45, 2.75) is 30.5 Å². The standard InChI is InChI=1S/C4H9.C3H5.3CH2O.Co/c1-4(2)3;1-3-2;3*1-2;/h1-3H3;3H,1-2H2;3*1H2;. The third-order valence-corrected chi connectivity index (χ3v) is 2.14. The largest absolute Gasteiger partial charge is 0.307 e. The van der Waals surface area contributed by atoms with E-state index in [9.17, 15) is 0 Å². The van der Waals surface area contributed by atoms with Crippen molar-refractivity contribution in [3.05, 3.63) is 12.7 Å². The Hall–Kier alpha value is -0.744. The van der Waals surface area contributed by atoms with Crippen LogP contribution in [0.25, 0.3) is 0 Å². The second-order valence-corrected chi connectivity index (χ2v) is 4.90. The number of carbonyl (C=O) groups excluding carboxylic acids is 3. The van der Waals surface area contributed by atoms with Crippen LogP contribution in [0.5, 0.6) is 0 Å². The fourth-order valence-corrected chi connectivity index (χ4v) is 1.04. The molecule has 4 heteroatoms. The van der Waals surface area contributed by atoms with Crippen molar-refractivity contribution in [2.75, 3.05) is 0 Å². The SMILES string of the molecule is C=C[CH2][Co][C](C)(C)C.C=O.C=O.C=O. The molecule has 87 valence electrons. The number of carbonyl (C=O) groups is 3. The summed E-state index contributed by atoms with van der Waals surface area (Å²) in [6.07, 6.45) is 1.96. The van der Waals surface area contributed by atoms with E-state index in [1.165, 1.54) is 14.7 Å². The third kappa shape index (κ3) is 65.4. The van der Waals surface area contributed by atoms with Crippen LogP contribution in [0, 0.1) is 0 Å². The average Bonchev–Trinajstić information content (AvgIpc) is 2.23. The molecular weight excluding hydrogens is 227 g/mol. The van der Waals surface area contributed by atoms with E-state index < -0.39 is 0 Å². The molecule has 0 bridgehead atoms. The van der Waals surface area contributed by atoms with Crippen molar-refractivity contribution in [2.24, 2.45) is 0 Å². The first kappa shape index (κ1) is 23.2. The smallest absolute Gasteiger partial charge is 0.106 e. The van der Waals surface area contributed by atoms with Gasteiger partial charge in [-0.1, -0.05) is 0 Å². The molecule has 0 aliphatic carbocycles. The Morgan fingerprint density at radius 2 is 1.29 bits per heavy atom. The molecule has 0 heterocycles. The van der Waals surface area contributed by atoms with E-state index in [0.29, 0.717) is 4.35 Å². The van der Waals surface area contributed by atoms with Crippen LogP contribution in [0.4, 0.5) is 0 Å². The molecule has 0 atom stereocenters. The van der Waals surface area contributed by atoms with Crippen molar-refractivity contribution < 1.29 is 29.1 Å². The molecule has 0 aromatic carbocycles. The number of hydrogen-bond acceptors (Lipinski definition) is 3. The van der Waals surface area contributed by atoms with Crippen LogP contribution in [0.3, 0.4) is 0 Å². The third-order valence-electron chi connectivity index (χ3n) is 0.518. The Morgan fingerprint density at radius 1 is 1.00 bits per heavy atom. The minimum atomic E-state index is 0.449. The molecule has 0 rings (SSSR count). The van der Waals surface area contributed by atoms with Gasteiger partial charge in [0, 0.05) is 0 Å². The summed E-state index contributed by atoms with van der Waals surface area (Å²) >= 11 is 1.50. The fourth-order valence-electron chi connectivity index (χ4n) is 0.252. The molecule has 0 aromatic rings. The average molecular weight is 247 g/mol. The van der Waals surface area contributed by atoms with E-state index in [1.807, 2.05) is 26.4 Å². The molecule has 0 N–H and O–H groups in total. The minimum absolute atomic E-state index is 0.449. The number of allylic oxidation sites excluding steroid dienone is 1. The van der Waals surface area contributed by atoms with Gasteiger partial charge in [0.2, 0.25) is 0 Å². The molecule has 14 heavy (non-hydrogen) atoms. The maximum absolute atomic E-state index is 8.00. The first-order chi connectivity index (χ1) is 6.56. The van der Waals surface area contributed by atoms with Gasteiger partial charge in [0.25, 0.3) is 0 Å². The van der Waals surface area contributed by atoms with Gasteiger partial charge < -0.3 is 14.4 Å². The van der Waals surface area contributed by atoms with Crippen molar-refractivity contribution in [1.82, 2.24) is 0 Å². The fraction of sp³-hybridized carbons (Fsp3) is 0.500. The van der Waals surface area contributed by atoms with E-state index in [4.69, 9.17) is 14.4 Å². The Kier molecular flexibility index (Phi) is 37.8. The van der Waals surface area contributed by atoms with Gasteiger partial charge >= 0.3 is 57.8 Å². The zero-order valence-corrected chi connectivity index (χ0v) is 10.2. The van der Waals surface area contributed by atoms with Crippen molar-refractivity contribution in [1.29, 1.82) is 0 Å². The van der Waals surface area contributed by atoms with Gasteiger partial charge in [0.15, 0.2) is 0 Å². The zero-order valence-electron chi connectivity index (χ0n) is 9.17. The molecule has 0 radical (unpaired) electrons. The molecule has 0 aliphatic heterocycles. The van der Waals surface area contributed by atoms with Crippen molar-refractivity contribution >= 4 is 20.4 Å². The summed E-state index contributed by atoms with van der Waals surface area (Å²) in [5.74, 6) is 0. The summed E-state index contributed by atoms with van der Waals surface area (Å²) in [6.45, 7) is 16.4. The van der Waals surface area contributed by atoms with Gasteiger partial charge in [-0.2, -0.15) is 0 Å². The van der Waals surface area contributed by atoms with E-state index >= 15 is 0 Å². The molecular formula is C10H20CoO3. The topological polar surface area (TPSA) is 51.2 Å². The summed E-state index contributed by atoms with van der Waals surface area (Å²) in [4.78, 5) is 24.0. The van der Waals surface area contributed by atoms with Gasteiger partial charge in [0.05, 0.1) is 0 Å². The van der Waals surface area contributed by atoms with Gasteiger partial charge in [-0.05, 0) is 0 Å². The molecule has 0 aromatic heterocycles. The molecule has 0 aliphatic rings. The summed E-state index contributed by atoms with van der Waals surface area (Å²) in [5.41, 5.74) is 0. The van der Waals surface area contributed by atoms with Crippen LogP contribution < -0.4 is 0 Å². The van der Waals surface area contributed by atoms with Crippen LogP contribution in [-0.4, -0.2) is 20.4 Å². The van der Waals surface area contributed by atoms with Gasteiger partial charge in [-0.3, -0.25) is 0 Å². The first-order valence-electron chi connectivity index (χ1n) is 3.58. The van der Waals surface area contributed by atoms with Gasteiger partial charge in [-0.15, -0.1) is 0 Å². The maximum Gasteiger partial charge on any atom is 0.106 e. The quantitative estimate of drug-likeness (QED) is 0.704. The predicted octanol–water partition coefficient (Wildman–Crippen LogP) is 2.34. The van der Waals surface area contributed by atoms with E-state index in [0.717, 1.165) is 5.36 Å². The van der Waals surface area contributed by atoms with Crippen LogP contribution in [0.15, 0.2) is 12.7 Å². The monoisotopic (exact) mass is 247 g/mol. The Bertz CT molecular complexity index is 106. The molecule has 0 spiro atoms. The Morgan fingerprint density at radius 3 is 1.36 bits per heavy atom. The number of hydrogen-bond donors (Lipinski definition) is 0. The summed E-state index contributed by atoms with van der Waals surface area (Å²) in [7, 11) is 0. The second kappa shape index (κ2) is 22.8. The van der Waals surface area contributed by atoms with Crippen molar-refractivity contribution in [3.63, 3.8) is 0 Å². The van der Waals surface area contributed by atoms with Crippen molar-refractivity contribution in [3.8, 4) is 0 Å². The minimum Gasteiger partial charge on any atom is -0.307 e. The molecule has 0 unspecified atom stereocenters. The normalized spacial score (nSPS) is 7.64. The summed E-state index contributed by atoms with van der Waals surface area (Å²) < 4.78 is 0.449. The van der Waals surface area contributed by atoms with E-state index in [2.05, 4.69) is 27.4 Å². The summed E-state index contributed by atoms with van der Waals surface area (Å²) in [6, 6.07) is 0. The van der Waals surface area contributed by atoms with Gasteiger partial charge in [0.1, 0.15) is 20.4 Å². The predicted molar refractivity (Wildman–Crippen MR) is 56.1 cm³/mol. The molecule has 0 saturated carbocycles. The maximum atomic E-state index is 8.00. The first-order valence-corrected chi connectivity index (χ1v) is 4.84. The Balaban J connectivity index is -0.0000000708. The molecule has 3 nitrogen and oxygen atoms in total.